The van der Waals surface area contributed by atoms with Crippen LogP contribution in [0.2, 0.25) is 0 Å². The van der Waals surface area contributed by atoms with Gasteiger partial charge in [0.05, 0.1) is 28.2 Å². The van der Waals surface area contributed by atoms with Gasteiger partial charge in [0.25, 0.3) is 17.7 Å². The van der Waals surface area contributed by atoms with Crippen molar-refractivity contribution in [1.29, 1.82) is 0 Å². The number of fused-ring (bicyclic) bond motifs is 1. The van der Waals surface area contributed by atoms with Crippen molar-refractivity contribution in [2.75, 3.05) is 24.7 Å². The van der Waals surface area contributed by atoms with Crippen LogP contribution >= 0.6 is 0 Å². The number of hydrogen-bond donors (Lipinski definition) is 1. The molecule has 9 nitrogen and oxygen atoms in total. The maximum Gasteiger partial charge on any atom is 0.307 e. The zero-order chi connectivity index (χ0) is 22.8. The fraction of sp³-hybridized carbons (Fsp3) is 0.238. The Bertz CT molecular complexity index is 1170. The standard InChI is InChI=1S/C21H20N2O7S/c1-13-3-6-15(7-4-13)31(28,29)10-9-19(25)30-12-18(24)22-14-5-8-16-17(11-14)21(27)23(2)20(16)26/h3-8,11H,9-10,12H2,1-2H3,(H,22,24). The second kappa shape index (κ2) is 8.68. The quantitative estimate of drug-likeness (QED) is 0.507. The van der Waals surface area contributed by atoms with Gasteiger partial charge in [-0.25, -0.2) is 8.42 Å². The van der Waals surface area contributed by atoms with E-state index in [4.69, 9.17) is 4.74 Å². The van der Waals surface area contributed by atoms with Crippen LogP contribution in [0.5, 0.6) is 0 Å². The third kappa shape index (κ3) is 4.97. The number of esters is 1. The van der Waals surface area contributed by atoms with Gasteiger partial charge in [-0.3, -0.25) is 24.1 Å². The second-order valence-corrected chi connectivity index (χ2v) is 9.13. The van der Waals surface area contributed by atoms with E-state index < -0.39 is 52.3 Å². The highest BCUT2D eigenvalue weighted by atomic mass is 32.2. The normalized spacial score (nSPS) is 13.2. The number of sulfone groups is 1. The van der Waals surface area contributed by atoms with Crippen molar-refractivity contribution < 1.29 is 32.3 Å². The second-order valence-electron chi connectivity index (χ2n) is 7.02. The number of rotatable bonds is 7. The lowest BCUT2D eigenvalue weighted by atomic mass is 10.1. The molecule has 162 valence electrons. The predicted octanol–water partition coefficient (Wildman–Crippen LogP) is 1.57. The molecule has 1 N–H and O–H groups in total. The molecule has 1 heterocycles. The zero-order valence-corrected chi connectivity index (χ0v) is 17.7. The third-order valence-corrected chi connectivity index (χ3v) is 6.42. The van der Waals surface area contributed by atoms with Crippen molar-refractivity contribution in [3.8, 4) is 0 Å². The Morgan fingerprint density at radius 3 is 2.32 bits per heavy atom. The first-order valence-corrected chi connectivity index (χ1v) is 10.9. The third-order valence-electron chi connectivity index (χ3n) is 4.69. The van der Waals surface area contributed by atoms with Gasteiger partial charge in [-0.1, -0.05) is 17.7 Å². The summed E-state index contributed by atoms with van der Waals surface area (Å²) in [5.41, 5.74) is 1.59. The summed E-state index contributed by atoms with van der Waals surface area (Å²) in [6, 6.07) is 10.5. The Kier molecular flexibility index (Phi) is 6.21. The van der Waals surface area contributed by atoms with Crippen LogP contribution in [0.1, 0.15) is 32.7 Å². The highest BCUT2D eigenvalue weighted by molar-refractivity contribution is 7.91. The lowest BCUT2D eigenvalue weighted by Gasteiger charge is -2.08. The maximum atomic E-state index is 12.3. The molecule has 1 aliphatic heterocycles. The van der Waals surface area contributed by atoms with E-state index in [1.165, 1.54) is 37.4 Å². The molecule has 0 radical (unpaired) electrons. The molecular weight excluding hydrogens is 424 g/mol. The molecular formula is C21H20N2O7S. The van der Waals surface area contributed by atoms with Gasteiger partial charge in [0.1, 0.15) is 0 Å². The summed E-state index contributed by atoms with van der Waals surface area (Å²) in [5, 5.41) is 2.46. The van der Waals surface area contributed by atoms with Crippen molar-refractivity contribution in [1.82, 2.24) is 4.90 Å². The first kappa shape index (κ1) is 22.2. The Labute approximate surface area is 178 Å². The number of ether oxygens (including phenoxy) is 1. The molecule has 3 amide bonds. The van der Waals surface area contributed by atoms with Crippen molar-refractivity contribution in [3.63, 3.8) is 0 Å². The van der Waals surface area contributed by atoms with E-state index in [9.17, 15) is 27.6 Å². The van der Waals surface area contributed by atoms with Gasteiger partial charge in [-0.2, -0.15) is 0 Å². The van der Waals surface area contributed by atoms with Crippen LogP contribution in [-0.4, -0.2) is 56.4 Å². The Morgan fingerprint density at radius 2 is 1.65 bits per heavy atom. The molecule has 0 unspecified atom stereocenters. The number of nitrogens with zero attached hydrogens (tertiary/aromatic N) is 1. The molecule has 0 saturated carbocycles. The molecule has 0 fully saturated rings. The molecule has 0 bridgehead atoms. The van der Waals surface area contributed by atoms with Crippen LogP contribution < -0.4 is 5.32 Å². The first-order chi connectivity index (χ1) is 14.6. The summed E-state index contributed by atoms with van der Waals surface area (Å²) >= 11 is 0. The summed E-state index contributed by atoms with van der Waals surface area (Å²) in [7, 11) is -2.28. The Hall–Kier alpha value is -3.53. The molecule has 2 aromatic carbocycles. The molecule has 0 aromatic heterocycles. The Balaban J connectivity index is 1.50. The van der Waals surface area contributed by atoms with E-state index >= 15 is 0 Å². The van der Waals surface area contributed by atoms with Crippen molar-refractivity contribution in [3.05, 3.63) is 59.2 Å². The summed E-state index contributed by atoms with van der Waals surface area (Å²) in [4.78, 5) is 48.8. The molecule has 0 saturated heterocycles. The van der Waals surface area contributed by atoms with Crippen LogP contribution in [0.4, 0.5) is 5.69 Å². The van der Waals surface area contributed by atoms with Gasteiger partial charge < -0.3 is 10.1 Å². The summed E-state index contributed by atoms with van der Waals surface area (Å²) in [6.45, 7) is 1.21. The SMILES string of the molecule is Cc1ccc(S(=O)(=O)CCC(=O)OCC(=O)Nc2ccc3c(c2)C(=O)N(C)C3=O)cc1. The number of benzene rings is 2. The topological polar surface area (TPSA) is 127 Å². The monoisotopic (exact) mass is 444 g/mol. The van der Waals surface area contributed by atoms with Crippen molar-refractivity contribution in [2.24, 2.45) is 0 Å². The first-order valence-electron chi connectivity index (χ1n) is 9.30. The number of carbonyl (C=O) groups is 4. The zero-order valence-electron chi connectivity index (χ0n) is 16.9. The number of nitrogens with one attached hydrogen (secondary N) is 1. The molecule has 10 heteroatoms. The van der Waals surface area contributed by atoms with E-state index in [-0.39, 0.29) is 21.7 Å². The lowest BCUT2D eigenvalue weighted by molar-refractivity contribution is -0.146. The van der Waals surface area contributed by atoms with E-state index in [1.807, 2.05) is 6.92 Å². The molecule has 0 spiro atoms. The number of carbonyl (C=O) groups excluding carboxylic acids is 4. The fourth-order valence-corrected chi connectivity index (χ4v) is 4.16. The van der Waals surface area contributed by atoms with Crippen LogP contribution in [0, 0.1) is 6.92 Å². The van der Waals surface area contributed by atoms with E-state index in [2.05, 4.69) is 5.32 Å². The van der Waals surface area contributed by atoms with Gasteiger partial charge in [0.2, 0.25) is 0 Å². The van der Waals surface area contributed by atoms with E-state index in [0.717, 1.165) is 10.5 Å². The molecule has 0 aliphatic carbocycles. The van der Waals surface area contributed by atoms with E-state index in [1.54, 1.807) is 12.1 Å². The van der Waals surface area contributed by atoms with Gasteiger partial charge in [0, 0.05) is 12.7 Å². The number of amides is 3. The average Bonchev–Trinajstić information content (AvgIpc) is 2.95. The average molecular weight is 444 g/mol. The van der Waals surface area contributed by atoms with Crippen LogP contribution in [0.25, 0.3) is 0 Å². The number of anilines is 1. The Morgan fingerprint density at radius 1 is 1.00 bits per heavy atom. The highest BCUT2D eigenvalue weighted by Gasteiger charge is 2.32. The molecule has 2 aromatic rings. The van der Waals surface area contributed by atoms with Crippen LogP contribution in [0.3, 0.4) is 0 Å². The number of hydrogen-bond acceptors (Lipinski definition) is 7. The summed E-state index contributed by atoms with van der Waals surface area (Å²) < 4.78 is 29.3. The minimum Gasteiger partial charge on any atom is -0.456 e. The fourth-order valence-electron chi connectivity index (χ4n) is 2.94. The van der Waals surface area contributed by atoms with Crippen molar-refractivity contribution >= 4 is 39.2 Å². The van der Waals surface area contributed by atoms with Crippen molar-refractivity contribution in [2.45, 2.75) is 18.2 Å². The summed E-state index contributed by atoms with van der Waals surface area (Å²) in [5.74, 6) is -2.84. The summed E-state index contributed by atoms with van der Waals surface area (Å²) in [6.07, 6.45) is -0.398. The molecule has 1 aliphatic rings. The van der Waals surface area contributed by atoms with Gasteiger partial charge in [-0.15, -0.1) is 0 Å². The highest BCUT2D eigenvalue weighted by Crippen LogP contribution is 2.24. The minimum absolute atomic E-state index is 0.110. The maximum absolute atomic E-state index is 12.3. The van der Waals surface area contributed by atoms with E-state index in [0.29, 0.717) is 0 Å². The molecule has 3 rings (SSSR count). The largest absolute Gasteiger partial charge is 0.456 e. The molecule has 31 heavy (non-hydrogen) atoms. The van der Waals surface area contributed by atoms with Gasteiger partial charge in [0.15, 0.2) is 16.4 Å². The van der Waals surface area contributed by atoms with Gasteiger partial charge in [-0.05, 0) is 37.3 Å². The number of aryl methyl sites for hydroxylation is 1. The molecule has 0 atom stereocenters. The predicted molar refractivity (Wildman–Crippen MR) is 110 cm³/mol. The van der Waals surface area contributed by atoms with Crippen LogP contribution in [-0.2, 0) is 24.2 Å². The van der Waals surface area contributed by atoms with Crippen LogP contribution in [0.15, 0.2) is 47.4 Å². The smallest absolute Gasteiger partial charge is 0.307 e. The number of imide groups is 1. The van der Waals surface area contributed by atoms with Gasteiger partial charge >= 0.3 is 5.97 Å². The lowest BCUT2D eigenvalue weighted by Crippen LogP contribution is -2.24. The minimum atomic E-state index is -3.64.